The van der Waals surface area contributed by atoms with Gasteiger partial charge in [0.2, 0.25) is 0 Å². The molecule has 0 saturated heterocycles. The van der Waals surface area contributed by atoms with Crippen molar-refractivity contribution in [1.82, 2.24) is 4.90 Å². The van der Waals surface area contributed by atoms with E-state index in [-0.39, 0.29) is 5.91 Å². The Bertz CT molecular complexity index is 494. The van der Waals surface area contributed by atoms with Crippen molar-refractivity contribution in [2.75, 3.05) is 13.1 Å². The highest BCUT2D eigenvalue weighted by Crippen LogP contribution is 2.30. The lowest BCUT2D eigenvalue weighted by molar-refractivity contribution is 0.0745. The first-order chi connectivity index (χ1) is 9.26. The summed E-state index contributed by atoms with van der Waals surface area (Å²) in [5, 5.41) is 0. The van der Waals surface area contributed by atoms with E-state index in [1.54, 1.807) is 0 Å². The first kappa shape index (κ1) is 14.1. The fourth-order valence-electron chi connectivity index (χ4n) is 1.96. The number of nitrogens with two attached hydrogens (primary N) is 1. The van der Waals surface area contributed by atoms with Gasteiger partial charge in [-0.1, -0.05) is 25.2 Å². The Labute approximate surface area is 118 Å². The monoisotopic (exact) mass is 276 g/mol. The summed E-state index contributed by atoms with van der Waals surface area (Å²) in [4.78, 5) is 16.2. The molecule has 4 heteroatoms. The van der Waals surface area contributed by atoms with Crippen LogP contribution in [-0.2, 0) is 0 Å². The van der Waals surface area contributed by atoms with Gasteiger partial charge in [-0.25, -0.2) is 0 Å². The predicted molar refractivity (Wildman–Crippen MR) is 79.2 cm³/mol. The van der Waals surface area contributed by atoms with Gasteiger partial charge in [0.1, 0.15) is 0 Å². The van der Waals surface area contributed by atoms with Crippen molar-refractivity contribution in [2.24, 2.45) is 5.73 Å². The number of amides is 1. The lowest BCUT2D eigenvalue weighted by atomic mass is 10.3. The Morgan fingerprint density at radius 3 is 2.95 bits per heavy atom. The van der Waals surface area contributed by atoms with Crippen LogP contribution in [0.3, 0.4) is 0 Å². The van der Waals surface area contributed by atoms with Crippen molar-refractivity contribution < 1.29 is 4.79 Å². The van der Waals surface area contributed by atoms with Gasteiger partial charge in [0.25, 0.3) is 5.91 Å². The van der Waals surface area contributed by atoms with E-state index in [1.165, 1.54) is 11.3 Å². The predicted octanol–water partition coefficient (Wildman–Crippen LogP) is 2.46. The van der Waals surface area contributed by atoms with Crippen LogP contribution in [0.2, 0.25) is 0 Å². The largest absolute Gasteiger partial charge is 0.335 e. The van der Waals surface area contributed by atoms with Crippen molar-refractivity contribution in [3.05, 3.63) is 21.9 Å². The van der Waals surface area contributed by atoms with E-state index in [0.29, 0.717) is 12.6 Å². The number of hydrogen-bond donors (Lipinski definition) is 1. The highest BCUT2D eigenvalue weighted by Gasteiger charge is 2.32. The van der Waals surface area contributed by atoms with Crippen LogP contribution >= 0.6 is 11.3 Å². The van der Waals surface area contributed by atoms with Crippen LogP contribution in [0.25, 0.3) is 0 Å². The van der Waals surface area contributed by atoms with Crippen molar-refractivity contribution in [2.45, 2.75) is 38.6 Å². The molecule has 0 unspecified atom stereocenters. The van der Waals surface area contributed by atoms with E-state index >= 15 is 0 Å². The molecule has 102 valence electrons. The number of nitrogens with zero attached hydrogens (tertiary/aromatic N) is 1. The third-order valence-corrected chi connectivity index (χ3v) is 4.12. The molecule has 1 fully saturated rings. The van der Waals surface area contributed by atoms with Crippen LogP contribution in [0.5, 0.6) is 0 Å². The van der Waals surface area contributed by atoms with Crippen molar-refractivity contribution in [1.29, 1.82) is 0 Å². The molecular formula is C15H20N2OS. The zero-order valence-corrected chi connectivity index (χ0v) is 12.1. The van der Waals surface area contributed by atoms with Crippen LogP contribution < -0.4 is 5.73 Å². The average Bonchev–Trinajstić information content (AvgIpc) is 3.14. The maximum atomic E-state index is 12.5. The molecule has 1 heterocycles. The molecule has 0 atom stereocenters. The van der Waals surface area contributed by atoms with Crippen LogP contribution in [-0.4, -0.2) is 29.9 Å². The molecule has 0 bridgehead atoms. The second-order valence-corrected chi connectivity index (χ2v) is 5.84. The zero-order chi connectivity index (χ0) is 13.7. The van der Waals surface area contributed by atoms with E-state index in [4.69, 9.17) is 5.73 Å². The lowest BCUT2D eigenvalue weighted by Crippen LogP contribution is -2.33. The van der Waals surface area contributed by atoms with E-state index in [0.717, 1.165) is 42.0 Å². The molecular weight excluding hydrogens is 256 g/mol. The summed E-state index contributed by atoms with van der Waals surface area (Å²) in [7, 11) is 0. The highest BCUT2D eigenvalue weighted by atomic mass is 32.1. The van der Waals surface area contributed by atoms with E-state index in [1.807, 2.05) is 17.0 Å². The Morgan fingerprint density at radius 1 is 1.53 bits per heavy atom. The normalized spacial score (nSPS) is 13.8. The third kappa shape index (κ3) is 3.82. The molecule has 0 aromatic carbocycles. The topological polar surface area (TPSA) is 46.3 Å². The van der Waals surface area contributed by atoms with E-state index < -0.39 is 0 Å². The maximum absolute atomic E-state index is 12.5. The van der Waals surface area contributed by atoms with Gasteiger partial charge < -0.3 is 10.6 Å². The first-order valence-electron chi connectivity index (χ1n) is 6.86. The lowest BCUT2D eigenvalue weighted by Gasteiger charge is -2.21. The summed E-state index contributed by atoms with van der Waals surface area (Å²) in [5.41, 5.74) is 5.35. The SMILES string of the molecule is CCCCN(C(=O)c1ccc(C#CCN)s1)C1CC1. The molecule has 1 aliphatic carbocycles. The summed E-state index contributed by atoms with van der Waals surface area (Å²) in [6.07, 6.45) is 4.50. The minimum atomic E-state index is 0.168. The Balaban J connectivity index is 2.06. The molecule has 1 aliphatic rings. The number of unbranched alkanes of at least 4 members (excludes halogenated alkanes) is 1. The van der Waals surface area contributed by atoms with Crippen LogP contribution in [0, 0.1) is 11.8 Å². The summed E-state index contributed by atoms with van der Waals surface area (Å²) in [6.45, 7) is 3.38. The summed E-state index contributed by atoms with van der Waals surface area (Å²) in [5.74, 6) is 5.97. The van der Waals surface area contributed by atoms with Gasteiger partial charge >= 0.3 is 0 Å². The third-order valence-electron chi connectivity index (χ3n) is 3.13. The van der Waals surface area contributed by atoms with Crippen LogP contribution in [0.1, 0.15) is 47.2 Å². The van der Waals surface area contributed by atoms with Gasteiger partial charge in [-0.2, -0.15) is 0 Å². The molecule has 3 nitrogen and oxygen atoms in total. The number of hydrogen-bond acceptors (Lipinski definition) is 3. The molecule has 19 heavy (non-hydrogen) atoms. The quantitative estimate of drug-likeness (QED) is 0.840. The Hall–Kier alpha value is -1.31. The molecule has 1 saturated carbocycles. The molecule has 2 rings (SSSR count). The van der Waals surface area contributed by atoms with Crippen LogP contribution in [0.4, 0.5) is 0 Å². The molecule has 1 amide bonds. The molecule has 1 aromatic heterocycles. The second kappa shape index (κ2) is 6.74. The molecule has 0 radical (unpaired) electrons. The van der Waals surface area contributed by atoms with Crippen molar-refractivity contribution in [3.8, 4) is 11.8 Å². The second-order valence-electron chi connectivity index (χ2n) is 4.75. The minimum Gasteiger partial charge on any atom is -0.335 e. The van der Waals surface area contributed by atoms with Gasteiger partial charge in [0.05, 0.1) is 16.3 Å². The zero-order valence-electron chi connectivity index (χ0n) is 11.3. The van der Waals surface area contributed by atoms with Gasteiger partial charge in [0.15, 0.2) is 0 Å². The van der Waals surface area contributed by atoms with Gasteiger partial charge in [-0.15, -0.1) is 11.3 Å². The first-order valence-corrected chi connectivity index (χ1v) is 7.67. The highest BCUT2D eigenvalue weighted by molar-refractivity contribution is 7.14. The summed E-state index contributed by atoms with van der Waals surface area (Å²) >= 11 is 1.47. The standard InChI is InChI=1S/C15H20N2OS/c1-2-3-11-17(12-6-7-12)15(18)14-9-8-13(19-14)5-4-10-16/h8-9,12H,2-3,6-7,10-11,16H2,1H3. The van der Waals surface area contributed by atoms with E-state index in [9.17, 15) is 4.79 Å². The molecule has 2 N–H and O–H groups in total. The average molecular weight is 276 g/mol. The summed E-state index contributed by atoms with van der Waals surface area (Å²) in [6, 6.07) is 4.26. The van der Waals surface area contributed by atoms with Gasteiger partial charge in [-0.3, -0.25) is 4.79 Å². The Morgan fingerprint density at radius 2 is 2.32 bits per heavy atom. The van der Waals surface area contributed by atoms with Crippen molar-refractivity contribution in [3.63, 3.8) is 0 Å². The molecule has 0 spiro atoms. The minimum absolute atomic E-state index is 0.168. The number of thiophene rings is 1. The number of carbonyl (C=O) groups excluding carboxylic acids is 1. The maximum Gasteiger partial charge on any atom is 0.264 e. The van der Waals surface area contributed by atoms with E-state index in [2.05, 4.69) is 18.8 Å². The number of rotatable bonds is 5. The summed E-state index contributed by atoms with van der Waals surface area (Å²) < 4.78 is 0. The molecule has 1 aromatic rings. The van der Waals surface area contributed by atoms with Crippen LogP contribution in [0.15, 0.2) is 12.1 Å². The fraction of sp³-hybridized carbons (Fsp3) is 0.533. The Kier molecular flexibility index (Phi) is 5.00. The smallest absolute Gasteiger partial charge is 0.264 e. The van der Waals surface area contributed by atoms with Gasteiger partial charge in [-0.05, 0) is 31.4 Å². The van der Waals surface area contributed by atoms with Gasteiger partial charge in [0, 0.05) is 12.6 Å². The fourth-order valence-corrected chi connectivity index (χ4v) is 2.80. The number of carbonyl (C=O) groups is 1. The van der Waals surface area contributed by atoms with Crippen molar-refractivity contribution >= 4 is 17.2 Å². The molecule has 0 aliphatic heterocycles.